The molecule has 0 atom stereocenters. The van der Waals surface area contributed by atoms with E-state index in [1.807, 2.05) is 19.1 Å². The Labute approximate surface area is 108 Å². The molecule has 18 heavy (non-hydrogen) atoms. The van der Waals surface area contributed by atoms with E-state index in [0.717, 1.165) is 12.0 Å². The van der Waals surface area contributed by atoms with E-state index in [0.29, 0.717) is 5.56 Å². The van der Waals surface area contributed by atoms with Crippen LogP contribution in [0.1, 0.15) is 22.8 Å². The number of aryl methyl sites for hydroxylation is 1. The van der Waals surface area contributed by atoms with Gasteiger partial charge in [-0.3, -0.25) is 4.79 Å². The minimum absolute atomic E-state index is 0.115. The number of ketones is 1. The number of carbonyl (C=O) groups excluding carboxylic acids is 1. The standard InChI is InChI=1S/C13H18O4S/c1-3-11-4-6-12(7-5-11)13(14)10-18(15,16)9-8-17-2/h4-7H,3,8-10H2,1-2H3. The van der Waals surface area contributed by atoms with Gasteiger partial charge in [-0.1, -0.05) is 31.2 Å². The lowest BCUT2D eigenvalue weighted by atomic mass is 10.1. The second-order valence-corrected chi connectivity index (χ2v) is 6.24. The van der Waals surface area contributed by atoms with Crippen LogP contribution in [0.2, 0.25) is 0 Å². The van der Waals surface area contributed by atoms with Crippen LogP contribution in [0.3, 0.4) is 0 Å². The van der Waals surface area contributed by atoms with Crippen LogP contribution in [0.4, 0.5) is 0 Å². The van der Waals surface area contributed by atoms with Crippen molar-refractivity contribution >= 4 is 15.6 Å². The van der Waals surface area contributed by atoms with Crippen LogP contribution in [0, 0.1) is 0 Å². The van der Waals surface area contributed by atoms with Crippen LogP contribution in [0.5, 0.6) is 0 Å². The summed E-state index contributed by atoms with van der Waals surface area (Å²) in [6.07, 6.45) is 0.889. The summed E-state index contributed by atoms with van der Waals surface area (Å²) < 4.78 is 27.9. The van der Waals surface area contributed by atoms with E-state index in [2.05, 4.69) is 0 Å². The molecule has 100 valence electrons. The molecule has 0 saturated carbocycles. The lowest BCUT2D eigenvalue weighted by molar-refractivity contribution is 0.102. The minimum atomic E-state index is -3.38. The Balaban J connectivity index is 2.70. The van der Waals surface area contributed by atoms with Gasteiger partial charge in [-0.05, 0) is 12.0 Å². The van der Waals surface area contributed by atoms with Gasteiger partial charge >= 0.3 is 0 Å². The molecule has 0 heterocycles. The van der Waals surface area contributed by atoms with E-state index in [-0.39, 0.29) is 18.1 Å². The van der Waals surface area contributed by atoms with Crippen LogP contribution in [-0.4, -0.2) is 39.4 Å². The molecule has 5 heteroatoms. The van der Waals surface area contributed by atoms with Crippen molar-refractivity contribution in [3.63, 3.8) is 0 Å². The summed E-state index contributed by atoms with van der Waals surface area (Å²) in [5, 5.41) is 0. The summed E-state index contributed by atoms with van der Waals surface area (Å²) in [6, 6.07) is 7.03. The van der Waals surface area contributed by atoms with Crippen molar-refractivity contribution in [2.45, 2.75) is 13.3 Å². The predicted octanol–water partition coefficient (Wildman–Crippen LogP) is 1.49. The zero-order valence-electron chi connectivity index (χ0n) is 10.7. The highest BCUT2D eigenvalue weighted by molar-refractivity contribution is 7.92. The molecule has 0 aliphatic rings. The molecule has 0 aromatic heterocycles. The quantitative estimate of drug-likeness (QED) is 0.704. The van der Waals surface area contributed by atoms with E-state index >= 15 is 0 Å². The van der Waals surface area contributed by atoms with Gasteiger partial charge in [0, 0.05) is 12.7 Å². The molecule has 0 aliphatic carbocycles. The highest BCUT2D eigenvalue weighted by atomic mass is 32.2. The van der Waals surface area contributed by atoms with E-state index in [4.69, 9.17) is 4.74 Å². The van der Waals surface area contributed by atoms with Crippen molar-refractivity contribution in [2.75, 3.05) is 25.2 Å². The molecule has 0 N–H and O–H groups in total. The van der Waals surface area contributed by atoms with Crippen molar-refractivity contribution < 1.29 is 17.9 Å². The SMILES string of the molecule is CCc1ccc(C(=O)CS(=O)(=O)CCOC)cc1. The molecule has 1 aromatic carbocycles. The van der Waals surface area contributed by atoms with Gasteiger partial charge in [-0.2, -0.15) is 0 Å². The Bertz CT molecular complexity index is 488. The third-order valence-corrected chi connectivity index (χ3v) is 4.12. The maximum Gasteiger partial charge on any atom is 0.177 e. The summed E-state index contributed by atoms with van der Waals surface area (Å²) in [5.41, 5.74) is 1.56. The topological polar surface area (TPSA) is 60.4 Å². The van der Waals surface area contributed by atoms with Gasteiger partial charge in [0.25, 0.3) is 0 Å². The molecule has 0 fully saturated rings. The largest absolute Gasteiger partial charge is 0.384 e. The molecule has 0 saturated heterocycles. The fourth-order valence-corrected chi connectivity index (χ4v) is 2.62. The molecule has 0 amide bonds. The van der Waals surface area contributed by atoms with Gasteiger partial charge in [-0.15, -0.1) is 0 Å². The Hall–Kier alpha value is -1.20. The Morgan fingerprint density at radius 2 is 1.83 bits per heavy atom. The number of ether oxygens (including phenoxy) is 1. The number of rotatable bonds is 7. The van der Waals surface area contributed by atoms with E-state index in [9.17, 15) is 13.2 Å². The Morgan fingerprint density at radius 3 is 2.33 bits per heavy atom. The zero-order chi connectivity index (χ0) is 13.6. The number of Topliss-reactive ketones (excluding diaryl/α,β-unsaturated/α-hetero) is 1. The summed E-state index contributed by atoms with van der Waals surface area (Å²) in [6.45, 7) is 2.14. The average molecular weight is 270 g/mol. The highest BCUT2D eigenvalue weighted by Crippen LogP contribution is 2.07. The molecule has 1 rings (SSSR count). The molecule has 0 aliphatic heterocycles. The molecule has 4 nitrogen and oxygen atoms in total. The predicted molar refractivity (Wildman–Crippen MR) is 70.7 cm³/mol. The second-order valence-electron chi connectivity index (χ2n) is 4.06. The maximum atomic E-state index is 11.8. The first kappa shape index (κ1) is 14.9. The molecular weight excluding hydrogens is 252 g/mol. The van der Waals surface area contributed by atoms with Gasteiger partial charge in [-0.25, -0.2) is 8.42 Å². The molecular formula is C13H18O4S. The van der Waals surface area contributed by atoms with Gasteiger partial charge in [0.1, 0.15) is 5.75 Å². The average Bonchev–Trinajstić information content (AvgIpc) is 2.36. The molecule has 0 bridgehead atoms. The Kier molecular flexibility index (Phi) is 5.50. The molecule has 0 unspecified atom stereocenters. The first-order chi connectivity index (χ1) is 8.48. The normalized spacial score (nSPS) is 11.4. The van der Waals surface area contributed by atoms with Gasteiger partial charge in [0.05, 0.1) is 12.4 Å². The van der Waals surface area contributed by atoms with Gasteiger partial charge in [0.2, 0.25) is 0 Å². The van der Waals surface area contributed by atoms with Gasteiger partial charge in [0.15, 0.2) is 15.6 Å². The third-order valence-electron chi connectivity index (χ3n) is 2.63. The smallest absolute Gasteiger partial charge is 0.177 e. The number of hydrogen-bond donors (Lipinski definition) is 0. The monoisotopic (exact) mass is 270 g/mol. The van der Waals surface area contributed by atoms with Crippen molar-refractivity contribution in [1.29, 1.82) is 0 Å². The van der Waals surface area contributed by atoms with Crippen LogP contribution in [0.25, 0.3) is 0 Å². The molecule has 0 radical (unpaired) electrons. The van der Waals surface area contributed by atoms with Crippen molar-refractivity contribution in [3.8, 4) is 0 Å². The Morgan fingerprint density at radius 1 is 1.22 bits per heavy atom. The lowest BCUT2D eigenvalue weighted by Crippen LogP contribution is -2.21. The minimum Gasteiger partial charge on any atom is -0.384 e. The zero-order valence-corrected chi connectivity index (χ0v) is 11.5. The van der Waals surface area contributed by atoms with Crippen molar-refractivity contribution in [3.05, 3.63) is 35.4 Å². The third kappa shape index (κ3) is 4.58. The van der Waals surface area contributed by atoms with Crippen molar-refractivity contribution in [1.82, 2.24) is 0 Å². The van der Waals surface area contributed by atoms with E-state index in [1.165, 1.54) is 7.11 Å². The summed E-state index contributed by atoms with van der Waals surface area (Å²) in [5.74, 6) is -0.946. The maximum absolute atomic E-state index is 11.8. The first-order valence-electron chi connectivity index (χ1n) is 5.80. The lowest BCUT2D eigenvalue weighted by Gasteiger charge is -2.04. The van der Waals surface area contributed by atoms with Crippen LogP contribution in [-0.2, 0) is 21.0 Å². The first-order valence-corrected chi connectivity index (χ1v) is 7.62. The van der Waals surface area contributed by atoms with Crippen LogP contribution in [0.15, 0.2) is 24.3 Å². The summed E-state index contributed by atoms with van der Waals surface area (Å²) >= 11 is 0. The summed E-state index contributed by atoms with van der Waals surface area (Å²) in [7, 11) is -1.95. The van der Waals surface area contributed by atoms with Crippen molar-refractivity contribution in [2.24, 2.45) is 0 Å². The summed E-state index contributed by atoms with van der Waals surface area (Å²) in [4.78, 5) is 11.8. The number of sulfone groups is 1. The van der Waals surface area contributed by atoms with Crippen LogP contribution < -0.4 is 0 Å². The van der Waals surface area contributed by atoms with E-state index in [1.54, 1.807) is 12.1 Å². The molecule has 1 aromatic rings. The number of hydrogen-bond acceptors (Lipinski definition) is 4. The van der Waals surface area contributed by atoms with E-state index < -0.39 is 15.6 Å². The number of methoxy groups -OCH3 is 1. The number of benzene rings is 1. The van der Waals surface area contributed by atoms with Gasteiger partial charge < -0.3 is 4.74 Å². The fourth-order valence-electron chi connectivity index (χ4n) is 1.49. The number of carbonyl (C=O) groups is 1. The van der Waals surface area contributed by atoms with Crippen LogP contribution >= 0.6 is 0 Å². The fraction of sp³-hybridized carbons (Fsp3) is 0.462. The second kappa shape index (κ2) is 6.66. The molecule has 0 spiro atoms. The highest BCUT2D eigenvalue weighted by Gasteiger charge is 2.17.